The van der Waals surface area contributed by atoms with Gasteiger partial charge in [-0.3, -0.25) is 19.4 Å². The van der Waals surface area contributed by atoms with E-state index in [0.717, 1.165) is 5.56 Å². The first kappa shape index (κ1) is 17.1. The molecule has 0 spiro atoms. The highest BCUT2D eigenvalue weighted by atomic mass is 16.4. The van der Waals surface area contributed by atoms with Crippen molar-refractivity contribution in [2.75, 3.05) is 6.54 Å². The van der Waals surface area contributed by atoms with E-state index in [-0.39, 0.29) is 24.8 Å². The van der Waals surface area contributed by atoms with Crippen LogP contribution in [-0.4, -0.2) is 34.4 Å². The Morgan fingerprint density at radius 1 is 0.958 bits per heavy atom. The van der Waals surface area contributed by atoms with Crippen LogP contribution < -0.4 is 10.6 Å². The minimum atomic E-state index is -0.963. The molecule has 1 heterocycles. The smallest absolute Gasteiger partial charge is 0.305 e. The number of carbonyl (C=O) groups is 3. The Hall–Kier alpha value is -3.22. The van der Waals surface area contributed by atoms with Crippen molar-refractivity contribution in [2.45, 2.75) is 13.0 Å². The second-order valence-corrected chi connectivity index (χ2v) is 5.02. The van der Waals surface area contributed by atoms with Crippen LogP contribution in [0, 0.1) is 0 Å². The molecule has 0 aliphatic carbocycles. The van der Waals surface area contributed by atoms with Crippen molar-refractivity contribution in [3.8, 4) is 0 Å². The molecule has 0 bridgehead atoms. The SMILES string of the molecule is O=C(O)CCNC(=O)c1ccc(CNC(=O)c2cccnc2)cc1. The molecule has 0 aliphatic rings. The Bertz CT molecular complexity index is 714. The zero-order chi connectivity index (χ0) is 17.4. The molecule has 0 saturated heterocycles. The lowest BCUT2D eigenvalue weighted by molar-refractivity contribution is -0.136. The number of rotatable bonds is 7. The van der Waals surface area contributed by atoms with Gasteiger partial charge in [-0.15, -0.1) is 0 Å². The molecule has 0 unspecified atom stereocenters. The normalized spacial score (nSPS) is 10.0. The standard InChI is InChI=1S/C17H17N3O4/c21-15(22)7-9-19-16(23)13-5-3-12(4-6-13)10-20-17(24)14-2-1-8-18-11-14/h1-6,8,11H,7,9-10H2,(H,19,23)(H,20,24)(H,21,22). The van der Waals surface area contributed by atoms with E-state index in [1.165, 1.54) is 6.20 Å². The van der Waals surface area contributed by atoms with Gasteiger partial charge in [0.1, 0.15) is 0 Å². The van der Waals surface area contributed by atoms with Gasteiger partial charge in [0.05, 0.1) is 12.0 Å². The summed E-state index contributed by atoms with van der Waals surface area (Å²) in [7, 11) is 0. The fourth-order valence-corrected chi connectivity index (χ4v) is 1.94. The molecule has 7 heteroatoms. The topological polar surface area (TPSA) is 108 Å². The van der Waals surface area contributed by atoms with Crippen LogP contribution in [0.4, 0.5) is 0 Å². The second-order valence-electron chi connectivity index (χ2n) is 5.02. The maximum Gasteiger partial charge on any atom is 0.305 e. The number of hydrogen-bond donors (Lipinski definition) is 3. The third-order valence-corrected chi connectivity index (χ3v) is 3.22. The molecular formula is C17H17N3O4. The van der Waals surface area contributed by atoms with Crippen molar-refractivity contribution in [1.82, 2.24) is 15.6 Å². The van der Waals surface area contributed by atoms with Gasteiger partial charge in [0.2, 0.25) is 0 Å². The van der Waals surface area contributed by atoms with Crippen LogP contribution in [0.15, 0.2) is 48.8 Å². The van der Waals surface area contributed by atoms with E-state index in [1.54, 1.807) is 42.6 Å². The molecular weight excluding hydrogens is 310 g/mol. The van der Waals surface area contributed by atoms with Crippen LogP contribution in [0.5, 0.6) is 0 Å². The Balaban J connectivity index is 1.84. The van der Waals surface area contributed by atoms with Crippen LogP contribution >= 0.6 is 0 Å². The first-order valence-electron chi connectivity index (χ1n) is 7.33. The Kier molecular flexibility index (Phi) is 6.01. The van der Waals surface area contributed by atoms with Crippen molar-refractivity contribution in [1.29, 1.82) is 0 Å². The van der Waals surface area contributed by atoms with Crippen molar-refractivity contribution in [3.63, 3.8) is 0 Å². The molecule has 1 aromatic heterocycles. The fraction of sp³-hybridized carbons (Fsp3) is 0.176. The lowest BCUT2D eigenvalue weighted by Crippen LogP contribution is -2.26. The molecule has 0 saturated carbocycles. The number of pyridine rings is 1. The molecule has 2 amide bonds. The van der Waals surface area contributed by atoms with Crippen LogP contribution in [-0.2, 0) is 11.3 Å². The molecule has 0 atom stereocenters. The number of benzene rings is 1. The van der Waals surface area contributed by atoms with Crippen molar-refractivity contribution < 1.29 is 19.5 Å². The molecule has 1 aromatic carbocycles. The zero-order valence-corrected chi connectivity index (χ0v) is 12.9. The van der Waals surface area contributed by atoms with E-state index in [0.29, 0.717) is 17.7 Å². The molecule has 7 nitrogen and oxygen atoms in total. The molecule has 2 aromatic rings. The summed E-state index contributed by atoms with van der Waals surface area (Å²) >= 11 is 0. The maximum absolute atomic E-state index is 11.9. The Morgan fingerprint density at radius 2 is 1.67 bits per heavy atom. The summed E-state index contributed by atoms with van der Waals surface area (Å²) in [5.41, 5.74) is 1.75. The number of nitrogens with zero attached hydrogens (tertiary/aromatic N) is 1. The van der Waals surface area contributed by atoms with Crippen molar-refractivity contribution in [2.24, 2.45) is 0 Å². The summed E-state index contributed by atoms with van der Waals surface area (Å²) in [6.45, 7) is 0.408. The molecule has 0 aliphatic heterocycles. The summed E-state index contributed by atoms with van der Waals surface area (Å²) in [5.74, 6) is -1.52. The van der Waals surface area contributed by atoms with Gasteiger partial charge in [-0.05, 0) is 29.8 Å². The van der Waals surface area contributed by atoms with E-state index in [1.807, 2.05) is 0 Å². The summed E-state index contributed by atoms with van der Waals surface area (Å²) in [5, 5.41) is 13.8. The third kappa shape index (κ3) is 5.20. The number of aromatic nitrogens is 1. The summed E-state index contributed by atoms with van der Waals surface area (Å²) in [4.78, 5) is 38.0. The highest BCUT2D eigenvalue weighted by Gasteiger charge is 2.07. The monoisotopic (exact) mass is 327 g/mol. The average molecular weight is 327 g/mol. The largest absolute Gasteiger partial charge is 0.481 e. The maximum atomic E-state index is 11.9. The molecule has 24 heavy (non-hydrogen) atoms. The second kappa shape index (κ2) is 8.42. The van der Waals surface area contributed by atoms with Gasteiger partial charge in [-0.2, -0.15) is 0 Å². The van der Waals surface area contributed by atoms with Crippen LogP contribution in [0.2, 0.25) is 0 Å². The molecule has 3 N–H and O–H groups in total. The number of carboxylic acid groups (broad SMARTS) is 1. The quantitative estimate of drug-likeness (QED) is 0.708. The third-order valence-electron chi connectivity index (χ3n) is 3.22. The van der Waals surface area contributed by atoms with E-state index in [4.69, 9.17) is 5.11 Å². The average Bonchev–Trinajstić information content (AvgIpc) is 2.60. The molecule has 0 radical (unpaired) electrons. The number of hydrogen-bond acceptors (Lipinski definition) is 4. The van der Waals surface area contributed by atoms with Gasteiger partial charge in [-0.25, -0.2) is 0 Å². The van der Waals surface area contributed by atoms with Gasteiger partial charge >= 0.3 is 5.97 Å². The number of aliphatic carboxylic acids is 1. The van der Waals surface area contributed by atoms with Crippen LogP contribution in [0.25, 0.3) is 0 Å². The number of nitrogens with one attached hydrogen (secondary N) is 2. The number of amides is 2. The van der Waals surface area contributed by atoms with E-state index in [9.17, 15) is 14.4 Å². The Morgan fingerprint density at radius 3 is 2.29 bits per heavy atom. The lowest BCUT2D eigenvalue weighted by atomic mass is 10.1. The van der Waals surface area contributed by atoms with E-state index >= 15 is 0 Å². The van der Waals surface area contributed by atoms with Gasteiger partial charge < -0.3 is 15.7 Å². The fourth-order valence-electron chi connectivity index (χ4n) is 1.94. The van der Waals surface area contributed by atoms with E-state index in [2.05, 4.69) is 15.6 Å². The lowest BCUT2D eigenvalue weighted by Gasteiger charge is -2.07. The Labute approximate surface area is 138 Å². The van der Waals surface area contributed by atoms with Crippen LogP contribution in [0.3, 0.4) is 0 Å². The summed E-state index contributed by atoms with van der Waals surface area (Å²) < 4.78 is 0. The van der Waals surface area contributed by atoms with Gasteiger partial charge in [-0.1, -0.05) is 12.1 Å². The van der Waals surface area contributed by atoms with Crippen molar-refractivity contribution >= 4 is 17.8 Å². The van der Waals surface area contributed by atoms with Crippen molar-refractivity contribution in [3.05, 3.63) is 65.5 Å². The first-order valence-corrected chi connectivity index (χ1v) is 7.33. The molecule has 124 valence electrons. The van der Waals surface area contributed by atoms with E-state index < -0.39 is 5.97 Å². The number of carbonyl (C=O) groups excluding carboxylic acids is 2. The van der Waals surface area contributed by atoms with Gasteiger partial charge in [0.15, 0.2) is 0 Å². The minimum absolute atomic E-state index is 0.0804. The predicted molar refractivity (Wildman–Crippen MR) is 86.4 cm³/mol. The predicted octanol–water partition coefficient (Wildman–Crippen LogP) is 1.22. The summed E-state index contributed by atoms with van der Waals surface area (Å²) in [6, 6.07) is 10.1. The minimum Gasteiger partial charge on any atom is -0.481 e. The molecule has 2 rings (SSSR count). The first-order chi connectivity index (χ1) is 11.6. The van der Waals surface area contributed by atoms with Gasteiger partial charge in [0, 0.05) is 31.0 Å². The highest BCUT2D eigenvalue weighted by Crippen LogP contribution is 2.05. The summed E-state index contributed by atoms with van der Waals surface area (Å²) in [6.07, 6.45) is 2.96. The van der Waals surface area contributed by atoms with Crippen LogP contribution in [0.1, 0.15) is 32.7 Å². The molecule has 0 fully saturated rings. The zero-order valence-electron chi connectivity index (χ0n) is 12.9. The highest BCUT2D eigenvalue weighted by molar-refractivity contribution is 5.94. The van der Waals surface area contributed by atoms with Gasteiger partial charge in [0.25, 0.3) is 11.8 Å². The number of carboxylic acids is 1.